The number of nitrogens with one attached hydrogen (secondary N) is 1. The second-order valence-electron chi connectivity index (χ2n) is 7.30. The minimum absolute atomic E-state index is 0.0818. The topological polar surface area (TPSA) is 88.1 Å². The summed E-state index contributed by atoms with van der Waals surface area (Å²) in [5.74, 6) is 0.199. The highest BCUT2D eigenvalue weighted by Crippen LogP contribution is 2.28. The average molecular weight is 440 g/mol. The summed E-state index contributed by atoms with van der Waals surface area (Å²) in [6, 6.07) is 20.0. The predicted octanol–water partition coefficient (Wildman–Crippen LogP) is 3.54. The SMILES string of the molecule is CC(C)Oc1ccc(/C=N\NC(=O)CN(c2cccc3ccccc23)S(C)(=O)=O)cc1. The Bertz CT molecular complexity index is 1180. The van der Waals surface area contributed by atoms with E-state index in [9.17, 15) is 13.2 Å². The van der Waals surface area contributed by atoms with Crippen LogP contribution in [0.4, 0.5) is 5.69 Å². The summed E-state index contributed by atoms with van der Waals surface area (Å²) in [5.41, 5.74) is 3.61. The van der Waals surface area contributed by atoms with Crippen LogP contribution in [0.15, 0.2) is 71.8 Å². The van der Waals surface area contributed by atoms with E-state index in [1.807, 2.05) is 68.4 Å². The van der Waals surface area contributed by atoms with Crippen molar-refractivity contribution in [3.63, 3.8) is 0 Å². The van der Waals surface area contributed by atoms with E-state index in [1.165, 1.54) is 6.21 Å². The zero-order valence-electron chi connectivity index (χ0n) is 17.6. The van der Waals surface area contributed by atoms with Crippen molar-refractivity contribution in [2.24, 2.45) is 5.10 Å². The molecule has 0 radical (unpaired) electrons. The Morgan fingerprint density at radius 2 is 1.74 bits per heavy atom. The van der Waals surface area contributed by atoms with E-state index in [0.717, 1.165) is 32.6 Å². The van der Waals surface area contributed by atoms with Crippen molar-refractivity contribution < 1.29 is 17.9 Å². The molecule has 7 nitrogen and oxygen atoms in total. The van der Waals surface area contributed by atoms with Crippen LogP contribution in [0.25, 0.3) is 10.8 Å². The third-order valence-electron chi connectivity index (χ3n) is 4.38. The van der Waals surface area contributed by atoms with E-state index in [1.54, 1.807) is 12.1 Å². The lowest BCUT2D eigenvalue weighted by Gasteiger charge is -2.23. The lowest BCUT2D eigenvalue weighted by molar-refractivity contribution is -0.119. The van der Waals surface area contributed by atoms with Gasteiger partial charge in [-0.15, -0.1) is 0 Å². The van der Waals surface area contributed by atoms with E-state index < -0.39 is 15.9 Å². The number of carbonyl (C=O) groups excluding carboxylic acids is 1. The maximum atomic E-state index is 12.4. The van der Waals surface area contributed by atoms with Crippen molar-refractivity contribution in [1.29, 1.82) is 0 Å². The largest absolute Gasteiger partial charge is 0.491 e. The van der Waals surface area contributed by atoms with E-state index in [0.29, 0.717) is 5.69 Å². The van der Waals surface area contributed by atoms with Gasteiger partial charge in [-0.2, -0.15) is 5.10 Å². The number of hydrazone groups is 1. The van der Waals surface area contributed by atoms with Crippen molar-refractivity contribution >= 4 is 38.6 Å². The fraction of sp³-hybridized carbons (Fsp3) is 0.217. The lowest BCUT2D eigenvalue weighted by atomic mass is 10.1. The molecular formula is C23H25N3O4S. The molecule has 3 rings (SSSR count). The molecule has 3 aromatic carbocycles. The number of amides is 1. The van der Waals surface area contributed by atoms with Crippen LogP contribution in [0.2, 0.25) is 0 Å². The molecule has 162 valence electrons. The van der Waals surface area contributed by atoms with Gasteiger partial charge in [-0.25, -0.2) is 13.8 Å². The van der Waals surface area contributed by atoms with Crippen molar-refractivity contribution in [2.45, 2.75) is 20.0 Å². The van der Waals surface area contributed by atoms with Gasteiger partial charge in [-0.05, 0) is 55.1 Å². The summed E-state index contributed by atoms with van der Waals surface area (Å²) in [6.45, 7) is 3.51. The third-order valence-corrected chi connectivity index (χ3v) is 5.50. The van der Waals surface area contributed by atoms with Crippen LogP contribution in [0.3, 0.4) is 0 Å². The summed E-state index contributed by atoms with van der Waals surface area (Å²) in [7, 11) is -3.69. The Balaban J connectivity index is 1.71. The van der Waals surface area contributed by atoms with E-state index in [2.05, 4.69) is 10.5 Å². The number of rotatable bonds is 8. The number of anilines is 1. The zero-order valence-corrected chi connectivity index (χ0v) is 18.5. The molecule has 0 aromatic heterocycles. The van der Waals surface area contributed by atoms with Gasteiger partial charge in [-0.3, -0.25) is 9.10 Å². The van der Waals surface area contributed by atoms with Crippen LogP contribution < -0.4 is 14.5 Å². The number of carbonyl (C=O) groups is 1. The first-order chi connectivity index (χ1) is 14.7. The quantitative estimate of drug-likeness (QED) is 0.430. The molecule has 1 N–H and O–H groups in total. The van der Waals surface area contributed by atoms with Crippen molar-refractivity contribution in [1.82, 2.24) is 5.43 Å². The summed E-state index contributed by atoms with van der Waals surface area (Å²) in [6.07, 6.45) is 2.64. The summed E-state index contributed by atoms with van der Waals surface area (Å²) < 4.78 is 31.5. The third kappa shape index (κ3) is 6.05. The molecule has 0 aliphatic heterocycles. The second-order valence-corrected chi connectivity index (χ2v) is 9.20. The first-order valence-corrected chi connectivity index (χ1v) is 11.6. The minimum Gasteiger partial charge on any atom is -0.491 e. The van der Waals surface area contributed by atoms with Gasteiger partial charge in [0.25, 0.3) is 5.91 Å². The highest BCUT2D eigenvalue weighted by molar-refractivity contribution is 7.92. The zero-order chi connectivity index (χ0) is 22.4. The smallest absolute Gasteiger partial charge is 0.260 e. The molecule has 0 saturated carbocycles. The van der Waals surface area contributed by atoms with Gasteiger partial charge in [-0.1, -0.05) is 36.4 Å². The molecule has 1 amide bonds. The first kappa shape index (κ1) is 22.3. The Morgan fingerprint density at radius 1 is 1.06 bits per heavy atom. The average Bonchev–Trinajstić information content (AvgIpc) is 2.72. The van der Waals surface area contributed by atoms with Crippen molar-refractivity contribution in [2.75, 3.05) is 17.1 Å². The maximum Gasteiger partial charge on any atom is 0.260 e. The normalized spacial score (nSPS) is 11.7. The molecule has 0 aliphatic carbocycles. The van der Waals surface area contributed by atoms with Crippen molar-refractivity contribution in [3.8, 4) is 5.75 Å². The molecule has 0 spiro atoms. The summed E-state index contributed by atoms with van der Waals surface area (Å²) in [4.78, 5) is 12.4. The van der Waals surface area contributed by atoms with Gasteiger partial charge in [0.15, 0.2) is 0 Å². The summed E-state index contributed by atoms with van der Waals surface area (Å²) >= 11 is 0. The van der Waals surface area contributed by atoms with E-state index in [4.69, 9.17) is 4.74 Å². The molecule has 0 heterocycles. The maximum absolute atomic E-state index is 12.4. The molecule has 0 bridgehead atoms. The Labute approximate surface area is 182 Å². The monoisotopic (exact) mass is 439 g/mol. The Kier molecular flexibility index (Phi) is 6.91. The first-order valence-electron chi connectivity index (χ1n) is 9.78. The molecule has 3 aromatic rings. The molecule has 0 saturated heterocycles. The number of nitrogens with zero attached hydrogens (tertiary/aromatic N) is 2. The highest BCUT2D eigenvalue weighted by Gasteiger charge is 2.22. The van der Waals surface area contributed by atoms with Crippen LogP contribution in [0.5, 0.6) is 5.75 Å². The van der Waals surface area contributed by atoms with E-state index >= 15 is 0 Å². The number of hydrogen-bond acceptors (Lipinski definition) is 5. The van der Waals surface area contributed by atoms with Crippen LogP contribution in [-0.4, -0.2) is 39.4 Å². The van der Waals surface area contributed by atoms with Gasteiger partial charge >= 0.3 is 0 Å². The molecule has 8 heteroatoms. The lowest BCUT2D eigenvalue weighted by Crippen LogP contribution is -2.39. The molecular weight excluding hydrogens is 414 g/mol. The fourth-order valence-corrected chi connectivity index (χ4v) is 3.92. The van der Waals surface area contributed by atoms with Gasteiger partial charge in [0, 0.05) is 5.39 Å². The molecule has 0 fully saturated rings. The van der Waals surface area contributed by atoms with Gasteiger partial charge in [0.05, 0.1) is 24.3 Å². The highest BCUT2D eigenvalue weighted by atomic mass is 32.2. The van der Waals surface area contributed by atoms with Crippen molar-refractivity contribution in [3.05, 3.63) is 72.3 Å². The number of sulfonamides is 1. The predicted molar refractivity (Wildman–Crippen MR) is 124 cm³/mol. The summed E-state index contributed by atoms with van der Waals surface area (Å²) in [5, 5.41) is 5.57. The van der Waals surface area contributed by atoms with Gasteiger partial charge in [0.2, 0.25) is 10.0 Å². The minimum atomic E-state index is -3.69. The Morgan fingerprint density at radius 3 is 2.42 bits per heavy atom. The van der Waals surface area contributed by atoms with Crippen LogP contribution in [0.1, 0.15) is 19.4 Å². The molecule has 0 atom stereocenters. The van der Waals surface area contributed by atoms with Crippen LogP contribution in [0, 0.1) is 0 Å². The molecule has 0 aliphatic rings. The number of hydrogen-bond donors (Lipinski definition) is 1. The number of benzene rings is 3. The van der Waals surface area contributed by atoms with Gasteiger partial charge < -0.3 is 4.74 Å². The van der Waals surface area contributed by atoms with Crippen LogP contribution >= 0.6 is 0 Å². The van der Waals surface area contributed by atoms with Crippen LogP contribution in [-0.2, 0) is 14.8 Å². The number of ether oxygens (including phenoxy) is 1. The van der Waals surface area contributed by atoms with E-state index in [-0.39, 0.29) is 12.6 Å². The number of fused-ring (bicyclic) bond motifs is 1. The standard InChI is InChI=1S/C23H25N3O4S/c1-17(2)30-20-13-11-18(12-14-20)15-24-25-23(27)16-26(31(3,28)29)22-10-6-8-19-7-4-5-9-21(19)22/h4-15,17H,16H2,1-3H3,(H,25,27)/b24-15-. The Hall–Kier alpha value is -3.39. The second kappa shape index (κ2) is 9.61. The fourth-order valence-electron chi connectivity index (χ4n) is 3.06. The van der Waals surface area contributed by atoms with Gasteiger partial charge in [0.1, 0.15) is 12.3 Å². The molecule has 0 unspecified atom stereocenters. The molecule has 31 heavy (non-hydrogen) atoms.